The fourth-order valence-corrected chi connectivity index (χ4v) is 2.29. The number of carboxylic acids is 1. The van der Waals surface area contributed by atoms with Gasteiger partial charge in [-0.3, -0.25) is 9.59 Å². The summed E-state index contributed by atoms with van der Waals surface area (Å²) in [5.74, 6) is -0.686. The van der Waals surface area contributed by atoms with Crippen LogP contribution in [0.25, 0.3) is 0 Å². The van der Waals surface area contributed by atoms with Crippen LogP contribution in [0.15, 0.2) is 24.3 Å². The highest BCUT2D eigenvalue weighted by Crippen LogP contribution is 2.23. The molecule has 0 aliphatic carbocycles. The smallest absolute Gasteiger partial charge is 0.303 e. The molecule has 0 aromatic heterocycles. The van der Waals surface area contributed by atoms with Crippen LogP contribution >= 0.6 is 0 Å². The Kier molecular flexibility index (Phi) is 6.92. The summed E-state index contributed by atoms with van der Waals surface area (Å²) >= 11 is 0. The predicted molar refractivity (Wildman–Crippen MR) is 83.3 cm³/mol. The Balaban J connectivity index is 2.47. The molecule has 0 heterocycles. The van der Waals surface area contributed by atoms with Gasteiger partial charge in [-0.15, -0.1) is 0 Å². The number of carbonyl (C=O) groups excluding carboxylic acids is 1. The van der Waals surface area contributed by atoms with Gasteiger partial charge < -0.3 is 10.4 Å². The topological polar surface area (TPSA) is 66.4 Å². The van der Waals surface area contributed by atoms with Crippen molar-refractivity contribution < 1.29 is 14.7 Å². The first kappa shape index (κ1) is 17.2. The number of hydrogen-bond acceptors (Lipinski definition) is 2. The summed E-state index contributed by atoms with van der Waals surface area (Å²) in [5, 5.41) is 11.5. The molecule has 2 N–H and O–H groups in total. The van der Waals surface area contributed by atoms with Crippen molar-refractivity contribution in [2.75, 3.05) is 6.54 Å². The van der Waals surface area contributed by atoms with E-state index in [9.17, 15) is 9.59 Å². The number of hydrogen-bond donors (Lipinski definition) is 2. The van der Waals surface area contributed by atoms with Gasteiger partial charge in [0.2, 0.25) is 5.91 Å². The Labute approximate surface area is 126 Å². The third kappa shape index (κ3) is 6.43. The molecule has 1 aromatic rings. The van der Waals surface area contributed by atoms with Gasteiger partial charge in [-0.05, 0) is 30.7 Å². The highest BCUT2D eigenvalue weighted by atomic mass is 16.4. The molecule has 4 heteroatoms. The van der Waals surface area contributed by atoms with Crippen LogP contribution < -0.4 is 5.32 Å². The summed E-state index contributed by atoms with van der Waals surface area (Å²) in [6.45, 7) is 6.35. The van der Waals surface area contributed by atoms with Crippen LogP contribution in [0.2, 0.25) is 0 Å². The zero-order valence-corrected chi connectivity index (χ0v) is 13.1. The van der Waals surface area contributed by atoms with Crippen LogP contribution in [-0.4, -0.2) is 23.5 Å². The lowest BCUT2D eigenvalue weighted by Crippen LogP contribution is -2.30. The number of rotatable bonds is 8. The highest BCUT2D eigenvalue weighted by Gasteiger charge is 2.15. The monoisotopic (exact) mass is 291 g/mol. The third-order valence-corrected chi connectivity index (χ3v) is 3.64. The summed E-state index contributed by atoms with van der Waals surface area (Å²) in [4.78, 5) is 22.6. The molecule has 1 rings (SSSR count). The lowest BCUT2D eigenvalue weighted by molar-refractivity contribution is -0.138. The molecule has 21 heavy (non-hydrogen) atoms. The zero-order chi connectivity index (χ0) is 15.8. The third-order valence-electron chi connectivity index (χ3n) is 3.64. The van der Waals surface area contributed by atoms with Gasteiger partial charge in [-0.1, -0.05) is 43.7 Å². The van der Waals surface area contributed by atoms with Gasteiger partial charge >= 0.3 is 5.97 Å². The predicted octanol–water partition coefficient (Wildman–Crippen LogP) is 3.11. The molecule has 0 aliphatic rings. The lowest BCUT2D eigenvalue weighted by atomic mass is 9.92. The molecule has 2 atom stereocenters. The molecule has 0 spiro atoms. The fourth-order valence-electron chi connectivity index (χ4n) is 2.29. The number of benzene rings is 1. The van der Waals surface area contributed by atoms with Gasteiger partial charge in [0.1, 0.15) is 0 Å². The molecule has 0 radical (unpaired) electrons. The second-order valence-electron chi connectivity index (χ2n) is 5.73. The first-order valence-electron chi connectivity index (χ1n) is 7.47. The van der Waals surface area contributed by atoms with E-state index >= 15 is 0 Å². The highest BCUT2D eigenvalue weighted by molar-refractivity contribution is 5.77. The fraction of sp³-hybridized carbons (Fsp3) is 0.529. The van der Waals surface area contributed by atoms with Crippen LogP contribution in [0.1, 0.15) is 50.2 Å². The SMILES string of the molecule is CCC(CC(=O)NCC(C)CC(=O)O)c1ccc(C)cc1. The quantitative estimate of drug-likeness (QED) is 0.773. The molecule has 0 saturated heterocycles. The van der Waals surface area contributed by atoms with E-state index < -0.39 is 5.97 Å². The molecule has 116 valence electrons. The van der Waals surface area contributed by atoms with E-state index in [1.165, 1.54) is 11.1 Å². The van der Waals surface area contributed by atoms with Gasteiger partial charge in [0.05, 0.1) is 0 Å². The van der Waals surface area contributed by atoms with E-state index in [0.717, 1.165) is 6.42 Å². The number of nitrogens with one attached hydrogen (secondary N) is 1. The molecular formula is C17H25NO3. The second-order valence-corrected chi connectivity index (χ2v) is 5.73. The van der Waals surface area contributed by atoms with E-state index in [0.29, 0.717) is 13.0 Å². The minimum Gasteiger partial charge on any atom is -0.481 e. The Morgan fingerprint density at radius 1 is 1.19 bits per heavy atom. The van der Waals surface area contributed by atoms with Crippen LogP contribution in [0, 0.1) is 12.8 Å². The minimum absolute atomic E-state index is 0.0142. The van der Waals surface area contributed by atoms with Crippen molar-refractivity contribution in [1.82, 2.24) is 5.32 Å². The first-order chi connectivity index (χ1) is 9.92. The number of amides is 1. The van der Waals surface area contributed by atoms with Gasteiger partial charge in [0.25, 0.3) is 0 Å². The van der Waals surface area contributed by atoms with Crippen molar-refractivity contribution in [2.24, 2.45) is 5.92 Å². The van der Waals surface area contributed by atoms with E-state index in [1.54, 1.807) is 0 Å². The minimum atomic E-state index is -0.831. The number of carbonyl (C=O) groups is 2. The van der Waals surface area contributed by atoms with Crippen molar-refractivity contribution in [2.45, 2.75) is 46.0 Å². The Hall–Kier alpha value is -1.84. The second kappa shape index (κ2) is 8.45. The molecule has 0 fully saturated rings. The largest absolute Gasteiger partial charge is 0.481 e. The van der Waals surface area contributed by atoms with E-state index in [2.05, 4.69) is 36.5 Å². The van der Waals surface area contributed by atoms with Gasteiger partial charge in [0, 0.05) is 19.4 Å². The van der Waals surface area contributed by atoms with E-state index in [-0.39, 0.29) is 24.2 Å². The van der Waals surface area contributed by atoms with Crippen molar-refractivity contribution in [3.8, 4) is 0 Å². The zero-order valence-electron chi connectivity index (χ0n) is 13.1. The molecule has 2 unspecified atom stereocenters. The van der Waals surface area contributed by atoms with Crippen LogP contribution in [0.3, 0.4) is 0 Å². The first-order valence-corrected chi connectivity index (χ1v) is 7.47. The van der Waals surface area contributed by atoms with Crippen molar-refractivity contribution in [3.63, 3.8) is 0 Å². The molecule has 4 nitrogen and oxygen atoms in total. The van der Waals surface area contributed by atoms with Crippen LogP contribution in [-0.2, 0) is 9.59 Å². The van der Waals surface area contributed by atoms with Crippen LogP contribution in [0.5, 0.6) is 0 Å². The lowest BCUT2D eigenvalue weighted by Gasteiger charge is -2.16. The Morgan fingerprint density at radius 3 is 2.33 bits per heavy atom. The summed E-state index contributed by atoms with van der Waals surface area (Å²) < 4.78 is 0. The van der Waals surface area contributed by atoms with Crippen molar-refractivity contribution in [1.29, 1.82) is 0 Å². The van der Waals surface area contributed by atoms with E-state index in [1.807, 2.05) is 13.8 Å². The van der Waals surface area contributed by atoms with Crippen LogP contribution in [0.4, 0.5) is 0 Å². The molecule has 1 amide bonds. The summed E-state index contributed by atoms with van der Waals surface area (Å²) in [6.07, 6.45) is 1.43. The molecule has 0 bridgehead atoms. The van der Waals surface area contributed by atoms with Gasteiger partial charge in [0.15, 0.2) is 0 Å². The maximum Gasteiger partial charge on any atom is 0.303 e. The average molecular weight is 291 g/mol. The maximum atomic E-state index is 12.0. The number of aryl methyl sites for hydroxylation is 1. The standard InChI is InChI=1S/C17H25NO3/c1-4-14(15-7-5-12(2)6-8-15)10-16(19)18-11-13(3)9-17(20)21/h5-8,13-14H,4,9-11H2,1-3H3,(H,18,19)(H,20,21). The van der Waals surface area contributed by atoms with E-state index in [4.69, 9.17) is 5.11 Å². The molecule has 0 aliphatic heterocycles. The van der Waals surface area contributed by atoms with Gasteiger partial charge in [-0.2, -0.15) is 0 Å². The van der Waals surface area contributed by atoms with Crippen molar-refractivity contribution in [3.05, 3.63) is 35.4 Å². The maximum absolute atomic E-state index is 12.0. The summed E-state index contributed by atoms with van der Waals surface area (Å²) in [6, 6.07) is 8.27. The summed E-state index contributed by atoms with van der Waals surface area (Å²) in [7, 11) is 0. The summed E-state index contributed by atoms with van der Waals surface area (Å²) in [5.41, 5.74) is 2.39. The molecular weight excluding hydrogens is 266 g/mol. The molecule has 1 aromatic carbocycles. The number of carboxylic acid groups (broad SMARTS) is 1. The van der Waals surface area contributed by atoms with Gasteiger partial charge in [-0.25, -0.2) is 0 Å². The Morgan fingerprint density at radius 2 is 1.81 bits per heavy atom. The number of aliphatic carboxylic acids is 1. The molecule has 0 saturated carbocycles. The normalized spacial score (nSPS) is 13.5. The average Bonchev–Trinajstić information content (AvgIpc) is 2.43. The Bertz CT molecular complexity index is 467. The van der Waals surface area contributed by atoms with Crippen molar-refractivity contribution >= 4 is 11.9 Å².